The second kappa shape index (κ2) is 16.8. The third-order valence-corrected chi connectivity index (χ3v) is 8.13. The zero-order chi connectivity index (χ0) is 32.2. The second-order valence-electron chi connectivity index (χ2n) is 12.1. The molecule has 11 nitrogen and oxygen atoms in total. The molecule has 1 aliphatic carbocycles. The van der Waals surface area contributed by atoms with Gasteiger partial charge in [-0.3, -0.25) is 9.59 Å². The Morgan fingerprint density at radius 2 is 1.62 bits per heavy atom. The zero-order valence-electron chi connectivity index (χ0n) is 26.2. The minimum absolute atomic E-state index is 0.00215. The summed E-state index contributed by atoms with van der Waals surface area (Å²) < 4.78 is 16.6. The Balaban J connectivity index is 1.32. The number of carboxylic acid groups (broad SMARTS) is 1. The highest BCUT2D eigenvalue weighted by molar-refractivity contribution is 5.90. The van der Waals surface area contributed by atoms with Gasteiger partial charge in [0.15, 0.2) is 6.61 Å². The van der Waals surface area contributed by atoms with Crippen LogP contribution in [0.3, 0.4) is 0 Å². The molecule has 244 valence electrons. The van der Waals surface area contributed by atoms with Crippen molar-refractivity contribution in [1.82, 2.24) is 15.5 Å². The third kappa shape index (κ3) is 10.5. The topological polar surface area (TPSA) is 143 Å². The zero-order valence-corrected chi connectivity index (χ0v) is 26.2. The van der Waals surface area contributed by atoms with E-state index in [1.54, 1.807) is 29.2 Å². The summed E-state index contributed by atoms with van der Waals surface area (Å²) in [6.45, 7) is 5.42. The van der Waals surface area contributed by atoms with E-state index in [9.17, 15) is 24.3 Å². The molecule has 2 fully saturated rings. The number of carbonyl (C=O) groups excluding carboxylic acids is 3. The molecule has 4 rings (SSSR count). The van der Waals surface area contributed by atoms with Gasteiger partial charge in [-0.1, -0.05) is 63.4 Å². The molecule has 2 aliphatic rings. The Labute approximate surface area is 264 Å². The largest absolute Gasteiger partial charge is 0.483 e. The number of carboxylic acids is 1. The summed E-state index contributed by atoms with van der Waals surface area (Å²) in [6, 6.07) is 12.1. The third-order valence-electron chi connectivity index (χ3n) is 8.13. The number of rotatable bonds is 13. The smallest absolute Gasteiger partial charge is 0.415 e. The lowest BCUT2D eigenvalue weighted by atomic mass is 9.84. The second-order valence-corrected chi connectivity index (χ2v) is 12.1. The summed E-state index contributed by atoms with van der Waals surface area (Å²) in [6.07, 6.45) is 5.65. The van der Waals surface area contributed by atoms with E-state index in [1.165, 1.54) is 19.3 Å². The molecular weight excluding hydrogens is 578 g/mol. The van der Waals surface area contributed by atoms with Crippen LogP contribution in [0.2, 0.25) is 0 Å². The number of morpholine rings is 1. The number of carbonyl (C=O) groups is 4. The molecule has 1 aliphatic heterocycles. The van der Waals surface area contributed by atoms with Crippen molar-refractivity contribution in [2.75, 3.05) is 32.9 Å². The number of hydrogen-bond donors (Lipinski definition) is 3. The first kappa shape index (κ1) is 33.8. The fraction of sp³-hybridized carbons (Fsp3) is 0.529. The minimum atomic E-state index is -1.23. The molecule has 2 aromatic rings. The highest BCUT2D eigenvalue weighted by Gasteiger charge is 2.28. The number of benzene rings is 2. The number of ether oxygens (including phenoxy) is 3. The van der Waals surface area contributed by atoms with Gasteiger partial charge in [-0.15, -0.1) is 0 Å². The monoisotopic (exact) mass is 623 g/mol. The van der Waals surface area contributed by atoms with Gasteiger partial charge < -0.3 is 34.9 Å². The highest BCUT2D eigenvalue weighted by Crippen LogP contribution is 2.37. The van der Waals surface area contributed by atoms with Crippen LogP contribution in [-0.2, 0) is 25.5 Å². The van der Waals surface area contributed by atoms with Crippen molar-refractivity contribution in [3.05, 3.63) is 59.7 Å². The van der Waals surface area contributed by atoms with E-state index < -0.39 is 36.0 Å². The van der Waals surface area contributed by atoms with Crippen LogP contribution in [0.25, 0.3) is 0 Å². The molecule has 45 heavy (non-hydrogen) atoms. The molecule has 0 bridgehead atoms. The van der Waals surface area contributed by atoms with E-state index in [0.717, 1.165) is 18.4 Å². The molecule has 2 aromatic carbocycles. The van der Waals surface area contributed by atoms with E-state index in [2.05, 4.69) is 16.7 Å². The van der Waals surface area contributed by atoms with Crippen LogP contribution < -0.4 is 20.1 Å². The van der Waals surface area contributed by atoms with Crippen molar-refractivity contribution in [3.63, 3.8) is 0 Å². The number of aliphatic carboxylic acids is 1. The first-order chi connectivity index (χ1) is 21.7. The summed E-state index contributed by atoms with van der Waals surface area (Å²) in [4.78, 5) is 52.2. The van der Waals surface area contributed by atoms with E-state index in [4.69, 9.17) is 14.2 Å². The molecule has 3 N–H and O–H groups in total. The standard InChI is InChI=1S/C34H45N3O8/c1-23(2)20-28(35-31(38)22-44-30-11-7-6-10-27(30)25-8-4-3-5-9-25)32(39)36-29(33(40)41)21-24-12-14-26(15-13-24)45-34(42)37-16-18-43-19-17-37/h6-7,10-15,23,25,28-29H,3-5,8-9,16-22H2,1-2H3,(H,35,38)(H,36,39)(H,40,41)/t28-,29-/m0/s1. The first-order valence-electron chi connectivity index (χ1n) is 15.9. The van der Waals surface area contributed by atoms with Crippen LogP contribution in [0.15, 0.2) is 48.5 Å². The van der Waals surface area contributed by atoms with Crippen LogP contribution >= 0.6 is 0 Å². The lowest BCUT2D eigenvalue weighted by Crippen LogP contribution is -2.53. The molecular formula is C34H45N3O8. The van der Waals surface area contributed by atoms with Crippen LogP contribution in [-0.4, -0.2) is 78.9 Å². The Hall–Kier alpha value is -4.12. The van der Waals surface area contributed by atoms with Crippen LogP contribution in [0.4, 0.5) is 4.79 Å². The van der Waals surface area contributed by atoms with Crippen LogP contribution in [0.1, 0.15) is 69.4 Å². The van der Waals surface area contributed by atoms with Crippen molar-refractivity contribution in [2.45, 2.75) is 76.8 Å². The quantitative estimate of drug-likeness (QED) is 0.300. The van der Waals surface area contributed by atoms with E-state index in [1.807, 2.05) is 32.0 Å². The van der Waals surface area contributed by atoms with Gasteiger partial charge in [-0.25, -0.2) is 9.59 Å². The molecule has 11 heteroatoms. The Bertz CT molecular complexity index is 1290. The minimum Gasteiger partial charge on any atom is -0.483 e. The SMILES string of the molecule is CC(C)C[C@H](NC(=O)COc1ccccc1C1CCCCC1)C(=O)N[C@@H](Cc1ccc(OC(=O)N2CCOCC2)cc1)C(=O)O. The van der Waals surface area contributed by atoms with Gasteiger partial charge >= 0.3 is 12.1 Å². The number of nitrogens with one attached hydrogen (secondary N) is 2. The predicted octanol–water partition coefficient (Wildman–Crippen LogP) is 4.29. The summed E-state index contributed by atoms with van der Waals surface area (Å²) in [5.41, 5.74) is 1.73. The molecule has 1 heterocycles. The van der Waals surface area contributed by atoms with Crippen molar-refractivity contribution < 1.29 is 38.5 Å². The molecule has 0 unspecified atom stereocenters. The normalized spacial score (nSPS) is 16.8. The summed E-state index contributed by atoms with van der Waals surface area (Å²) in [5.74, 6) is -0.765. The Kier molecular flexibility index (Phi) is 12.6. The van der Waals surface area contributed by atoms with Gasteiger partial charge in [0.2, 0.25) is 5.91 Å². The van der Waals surface area contributed by atoms with E-state index in [0.29, 0.717) is 55.7 Å². The lowest BCUT2D eigenvalue weighted by Gasteiger charge is -2.25. The maximum absolute atomic E-state index is 13.3. The molecule has 2 atom stereocenters. The number of hydrogen-bond acceptors (Lipinski definition) is 7. The number of amides is 3. The van der Waals surface area contributed by atoms with Crippen LogP contribution in [0.5, 0.6) is 11.5 Å². The molecule has 0 radical (unpaired) electrons. The molecule has 0 aromatic heterocycles. The van der Waals surface area contributed by atoms with Crippen molar-refractivity contribution >= 4 is 23.9 Å². The summed E-state index contributed by atoms with van der Waals surface area (Å²) in [7, 11) is 0. The average molecular weight is 624 g/mol. The van der Waals surface area contributed by atoms with Gasteiger partial charge in [0.25, 0.3) is 5.91 Å². The Morgan fingerprint density at radius 1 is 0.933 bits per heavy atom. The lowest BCUT2D eigenvalue weighted by molar-refractivity contribution is -0.142. The van der Waals surface area contributed by atoms with Crippen molar-refractivity contribution in [3.8, 4) is 11.5 Å². The van der Waals surface area contributed by atoms with Gasteiger partial charge in [-0.05, 0) is 60.4 Å². The number of para-hydroxylation sites is 1. The summed E-state index contributed by atoms with van der Waals surface area (Å²) >= 11 is 0. The van der Waals surface area contributed by atoms with E-state index >= 15 is 0 Å². The van der Waals surface area contributed by atoms with E-state index in [-0.39, 0.29) is 18.9 Å². The van der Waals surface area contributed by atoms with Gasteiger partial charge in [0.1, 0.15) is 23.6 Å². The molecule has 3 amide bonds. The first-order valence-corrected chi connectivity index (χ1v) is 15.9. The number of nitrogens with zero attached hydrogens (tertiary/aromatic N) is 1. The predicted molar refractivity (Wildman–Crippen MR) is 167 cm³/mol. The molecule has 1 saturated heterocycles. The van der Waals surface area contributed by atoms with Crippen molar-refractivity contribution in [2.24, 2.45) is 5.92 Å². The molecule has 0 spiro atoms. The van der Waals surface area contributed by atoms with Gasteiger partial charge in [-0.2, -0.15) is 0 Å². The summed E-state index contributed by atoms with van der Waals surface area (Å²) in [5, 5.41) is 15.2. The highest BCUT2D eigenvalue weighted by atomic mass is 16.6. The Morgan fingerprint density at radius 3 is 2.29 bits per heavy atom. The fourth-order valence-electron chi connectivity index (χ4n) is 5.76. The van der Waals surface area contributed by atoms with Crippen molar-refractivity contribution in [1.29, 1.82) is 0 Å². The fourth-order valence-corrected chi connectivity index (χ4v) is 5.76. The van der Waals surface area contributed by atoms with Gasteiger partial charge in [0.05, 0.1) is 13.2 Å². The maximum Gasteiger partial charge on any atom is 0.415 e. The van der Waals surface area contributed by atoms with Crippen LogP contribution in [0, 0.1) is 5.92 Å². The van der Waals surface area contributed by atoms with Gasteiger partial charge in [0, 0.05) is 19.5 Å². The maximum atomic E-state index is 13.3. The molecule has 1 saturated carbocycles. The average Bonchev–Trinajstić information content (AvgIpc) is 3.04.